The molecule has 10 nitrogen and oxygen atoms in total. The maximum atomic E-state index is 14.2. The van der Waals surface area contributed by atoms with E-state index in [9.17, 15) is 19.5 Å². The molecule has 0 saturated carbocycles. The van der Waals surface area contributed by atoms with Gasteiger partial charge >= 0.3 is 11.9 Å². The van der Waals surface area contributed by atoms with E-state index in [1.54, 1.807) is 50.3 Å². The first-order chi connectivity index (χ1) is 21.0. The Balaban J connectivity index is 1.72. The molecule has 0 fully saturated rings. The van der Waals surface area contributed by atoms with Crippen LogP contribution in [0.4, 0.5) is 0 Å². The average molecular weight is 681 g/mol. The summed E-state index contributed by atoms with van der Waals surface area (Å²) in [4.78, 5) is 44.2. The smallest absolute Gasteiger partial charge is 0.338 e. The van der Waals surface area contributed by atoms with Gasteiger partial charge in [0.15, 0.2) is 16.3 Å². The molecule has 0 bridgehead atoms. The van der Waals surface area contributed by atoms with E-state index in [1.165, 1.54) is 30.1 Å². The number of thiazole rings is 1. The van der Waals surface area contributed by atoms with Crippen LogP contribution in [0.3, 0.4) is 0 Å². The summed E-state index contributed by atoms with van der Waals surface area (Å²) in [6.45, 7) is 7.44. The second-order valence-corrected chi connectivity index (χ2v) is 11.9. The molecule has 228 valence electrons. The van der Waals surface area contributed by atoms with Gasteiger partial charge in [0, 0.05) is 21.5 Å². The summed E-state index contributed by atoms with van der Waals surface area (Å²) in [5.41, 5.74) is 4.34. The summed E-state index contributed by atoms with van der Waals surface area (Å²) in [7, 11) is 3.05. The Morgan fingerprint density at radius 3 is 2.45 bits per heavy atom. The number of allylic oxidation sites excluding steroid dienone is 1. The second-order valence-electron chi connectivity index (χ2n) is 10.0. The van der Waals surface area contributed by atoms with Gasteiger partial charge < -0.3 is 23.9 Å². The van der Waals surface area contributed by atoms with Crippen LogP contribution in [0.2, 0.25) is 0 Å². The largest absolute Gasteiger partial charge is 0.493 e. The van der Waals surface area contributed by atoms with Gasteiger partial charge in [-0.05, 0) is 81.3 Å². The van der Waals surface area contributed by atoms with Crippen molar-refractivity contribution in [1.82, 2.24) is 9.13 Å². The first-order valence-corrected chi connectivity index (χ1v) is 15.2. The quantitative estimate of drug-likeness (QED) is 0.268. The number of esters is 1. The van der Waals surface area contributed by atoms with Crippen LogP contribution in [-0.4, -0.2) is 47.0 Å². The van der Waals surface area contributed by atoms with Gasteiger partial charge in [0.25, 0.3) is 5.56 Å². The van der Waals surface area contributed by atoms with Gasteiger partial charge in [-0.1, -0.05) is 33.3 Å². The van der Waals surface area contributed by atoms with E-state index in [1.807, 2.05) is 30.5 Å². The topological polar surface area (TPSA) is 121 Å². The number of methoxy groups -OCH3 is 2. The van der Waals surface area contributed by atoms with Crippen molar-refractivity contribution in [2.75, 3.05) is 20.8 Å². The zero-order chi connectivity index (χ0) is 31.9. The molecule has 0 amide bonds. The van der Waals surface area contributed by atoms with Crippen molar-refractivity contribution in [2.24, 2.45) is 4.99 Å². The Kier molecular flexibility index (Phi) is 8.66. The van der Waals surface area contributed by atoms with Crippen LogP contribution in [0.25, 0.3) is 11.8 Å². The molecule has 0 radical (unpaired) electrons. The lowest BCUT2D eigenvalue weighted by atomic mass is 9.95. The number of carboxylic acids is 1. The fraction of sp³-hybridized carbons (Fsp3) is 0.250. The SMILES string of the molecule is CCOC(=O)C1=C(C)N=c2s/c(=C\c3cc(C)n(-c4cccc(C(=O)O)c4)c3C)c(=O)n2[C@@H]1c1cc(OC)c(OC)cc1Br. The standard InChI is InChI=1S/C32H30BrN3O7S/c1-7-43-31(40)27-17(3)34-32-36(28(27)22-14-24(41-5)25(42-6)15-23(22)33)29(37)26(44-32)13-20-11-16(2)35(18(20)4)21-10-8-9-19(12-21)30(38)39/h8-15,28H,7H2,1-6H3,(H,38,39)/b26-13-/t28-/m1/s1. The van der Waals surface area contributed by atoms with Crippen LogP contribution in [0.1, 0.15) is 52.8 Å². The molecule has 2 aromatic carbocycles. The number of halogens is 1. The monoisotopic (exact) mass is 679 g/mol. The third-order valence-electron chi connectivity index (χ3n) is 7.42. The third-order valence-corrected chi connectivity index (χ3v) is 9.09. The summed E-state index contributed by atoms with van der Waals surface area (Å²) in [5.74, 6) is -0.658. The Morgan fingerprint density at radius 2 is 1.80 bits per heavy atom. The van der Waals surface area contributed by atoms with Gasteiger partial charge in [0.2, 0.25) is 0 Å². The number of rotatable bonds is 8. The molecule has 0 spiro atoms. The van der Waals surface area contributed by atoms with E-state index in [-0.39, 0.29) is 23.3 Å². The zero-order valence-corrected chi connectivity index (χ0v) is 27.3. The average Bonchev–Trinajstić information content (AvgIpc) is 3.45. The third kappa shape index (κ3) is 5.39. The highest BCUT2D eigenvalue weighted by Crippen LogP contribution is 2.40. The number of carbonyl (C=O) groups is 2. The van der Waals surface area contributed by atoms with Crippen LogP contribution in [0.5, 0.6) is 11.5 Å². The van der Waals surface area contributed by atoms with Gasteiger partial charge in [0.05, 0.1) is 48.2 Å². The molecule has 1 atom stereocenters. The molecule has 0 saturated heterocycles. The number of hydrogen-bond donors (Lipinski definition) is 1. The van der Waals surface area contributed by atoms with Crippen molar-refractivity contribution in [3.05, 3.63) is 106 Å². The Morgan fingerprint density at radius 1 is 1.09 bits per heavy atom. The number of ether oxygens (including phenoxy) is 3. The molecular formula is C32H30BrN3O7S. The molecule has 4 aromatic rings. The van der Waals surface area contributed by atoms with Crippen LogP contribution in [-0.2, 0) is 9.53 Å². The molecule has 0 aliphatic carbocycles. The molecular weight excluding hydrogens is 650 g/mol. The number of fused-ring (bicyclic) bond motifs is 1. The summed E-state index contributed by atoms with van der Waals surface area (Å²) >= 11 is 4.83. The van der Waals surface area contributed by atoms with E-state index in [0.717, 1.165) is 17.0 Å². The predicted octanol–water partition coefficient (Wildman–Crippen LogP) is 4.68. The van der Waals surface area contributed by atoms with Crippen molar-refractivity contribution in [3.8, 4) is 17.2 Å². The fourth-order valence-corrected chi connectivity index (χ4v) is 6.99. The van der Waals surface area contributed by atoms with Crippen LogP contribution >= 0.6 is 27.3 Å². The number of benzene rings is 2. The molecule has 44 heavy (non-hydrogen) atoms. The van der Waals surface area contributed by atoms with Gasteiger partial charge in [-0.25, -0.2) is 14.6 Å². The van der Waals surface area contributed by atoms with E-state index in [2.05, 4.69) is 20.9 Å². The lowest BCUT2D eigenvalue weighted by Gasteiger charge is -2.26. The first kappa shape index (κ1) is 31.0. The van der Waals surface area contributed by atoms with Crippen molar-refractivity contribution >= 4 is 45.3 Å². The summed E-state index contributed by atoms with van der Waals surface area (Å²) in [6, 6.07) is 11.3. The highest BCUT2D eigenvalue weighted by molar-refractivity contribution is 9.10. The summed E-state index contributed by atoms with van der Waals surface area (Å²) < 4.78 is 20.9. The molecule has 0 unspecified atom stereocenters. The molecule has 1 aliphatic heterocycles. The van der Waals surface area contributed by atoms with Crippen molar-refractivity contribution in [3.63, 3.8) is 0 Å². The highest BCUT2D eigenvalue weighted by atomic mass is 79.9. The Hall–Kier alpha value is -4.42. The van der Waals surface area contributed by atoms with Gasteiger partial charge in [-0.15, -0.1) is 0 Å². The van der Waals surface area contributed by atoms with E-state index in [4.69, 9.17) is 14.2 Å². The normalized spacial score (nSPS) is 14.7. The lowest BCUT2D eigenvalue weighted by Crippen LogP contribution is -2.40. The number of carboxylic acid groups (broad SMARTS) is 1. The van der Waals surface area contributed by atoms with Gasteiger partial charge in [0.1, 0.15) is 0 Å². The molecule has 2 aromatic heterocycles. The molecule has 3 heterocycles. The van der Waals surface area contributed by atoms with E-state index < -0.39 is 18.0 Å². The van der Waals surface area contributed by atoms with Crippen molar-refractivity contribution in [2.45, 2.75) is 33.7 Å². The minimum atomic E-state index is -1.01. The van der Waals surface area contributed by atoms with E-state index >= 15 is 0 Å². The van der Waals surface area contributed by atoms with Crippen molar-refractivity contribution < 1.29 is 28.9 Å². The van der Waals surface area contributed by atoms with E-state index in [0.29, 0.717) is 42.3 Å². The second kappa shape index (κ2) is 12.3. The maximum absolute atomic E-state index is 14.2. The number of nitrogens with zero attached hydrogens (tertiary/aromatic N) is 3. The maximum Gasteiger partial charge on any atom is 0.338 e. The number of aryl methyl sites for hydroxylation is 1. The van der Waals surface area contributed by atoms with Crippen LogP contribution in [0.15, 0.2) is 68.0 Å². The summed E-state index contributed by atoms with van der Waals surface area (Å²) in [6.07, 6.45) is 1.80. The molecule has 12 heteroatoms. The molecule has 1 aliphatic rings. The van der Waals surface area contributed by atoms with Crippen LogP contribution in [0, 0.1) is 13.8 Å². The summed E-state index contributed by atoms with van der Waals surface area (Å²) in [5, 5.41) is 9.47. The minimum absolute atomic E-state index is 0.158. The molecule has 5 rings (SSSR count). The molecule has 1 N–H and O–H groups in total. The lowest BCUT2D eigenvalue weighted by molar-refractivity contribution is -0.139. The fourth-order valence-electron chi connectivity index (χ4n) is 5.42. The Bertz CT molecular complexity index is 2040. The Labute approximate surface area is 265 Å². The highest BCUT2D eigenvalue weighted by Gasteiger charge is 2.35. The number of aromatic carboxylic acids is 1. The van der Waals surface area contributed by atoms with Gasteiger partial charge in [-0.3, -0.25) is 9.36 Å². The zero-order valence-electron chi connectivity index (χ0n) is 24.9. The number of aromatic nitrogens is 2. The predicted molar refractivity (Wildman–Crippen MR) is 170 cm³/mol. The first-order valence-electron chi connectivity index (χ1n) is 13.6. The van der Waals surface area contributed by atoms with Crippen LogP contribution < -0.4 is 24.4 Å². The number of hydrogen-bond acceptors (Lipinski definition) is 8. The minimum Gasteiger partial charge on any atom is -0.493 e. The number of carbonyl (C=O) groups excluding carboxylic acids is 1. The van der Waals surface area contributed by atoms with Crippen molar-refractivity contribution in [1.29, 1.82) is 0 Å². The van der Waals surface area contributed by atoms with Gasteiger partial charge in [-0.2, -0.15) is 0 Å².